The Balaban J connectivity index is 1.73. The molecule has 1 saturated heterocycles. The summed E-state index contributed by atoms with van der Waals surface area (Å²) in [6.45, 7) is 2.66. The van der Waals surface area contributed by atoms with Crippen LogP contribution in [0.2, 0.25) is 10.0 Å². The van der Waals surface area contributed by atoms with Gasteiger partial charge >= 0.3 is 0 Å². The summed E-state index contributed by atoms with van der Waals surface area (Å²) in [4.78, 5) is 0. The van der Waals surface area contributed by atoms with Gasteiger partial charge in [0.25, 0.3) is 0 Å². The van der Waals surface area contributed by atoms with Gasteiger partial charge in [-0.25, -0.2) is 5.01 Å². The molecule has 0 atom stereocenters. The molecule has 0 unspecified atom stereocenters. The van der Waals surface area contributed by atoms with Gasteiger partial charge in [-0.15, -0.1) is 0 Å². The van der Waals surface area contributed by atoms with Crippen LogP contribution in [0.1, 0.15) is 24.0 Å². The second kappa shape index (κ2) is 7.78. The van der Waals surface area contributed by atoms with Crippen molar-refractivity contribution in [2.75, 3.05) is 18.1 Å². The molecule has 136 valence electrons. The smallest absolute Gasteiger partial charge is 0.0998 e. The number of hydrogen-bond donors (Lipinski definition) is 0. The van der Waals surface area contributed by atoms with Crippen LogP contribution in [0.3, 0.4) is 0 Å². The molecule has 27 heavy (non-hydrogen) atoms. The van der Waals surface area contributed by atoms with E-state index in [1.54, 1.807) is 6.07 Å². The summed E-state index contributed by atoms with van der Waals surface area (Å²) >= 11 is 12.4. The molecule has 0 spiro atoms. The zero-order chi connectivity index (χ0) is 18.8. The van der Waals surface area contributed by atoms with E-state index < -0.39 is 0 Å². The molecule has 0 amide bonds. The van der Waals surface area contributed by atoms with Gasteiger partial charge in [-0.1, -0.05) is 47.5 Å². The Kier molecular flexibility index (Phi) is 5.22. The second-order valence-corrected chi connectivity index (χ2v) is 7.66. The van der Waals surface area contributed by atoms with Gasteiger partial charge in [0.2, 0.25) is 0 Å². The number of hydrazine groups is 1. The van der Waals surface area contributed by atoms with Crippen molar-refractivity contribution in [1.82, 2.24) is 5.01 Å². The van der Waals surface area contributed by atoms with Crippen molar-refractivity contribution >= 4 is 39.7 Å². The Morgan fingerprint density at radius 1 is 0.889 bits per heavy atom. The topological polar surface area (TPSA) is 30.3 Å². The van der Waals surface area contributed by atoms with E-state index in [1.807, 2.05) is 36.4 Å². The normalized spacial score (nSPS) is 15.1. The van der Waals surface area contributed by atoms with Crippen molar-refractivity contribution in [3.63, 3.8) is 0 Å². The van der Waals surface area contributed by atoms with Crippen molar-refractivity contribution in [2.24, 2.45) is 0 Å². The van der Waals surface area contributed by atoms with E-state index in [0.29, 0.717) is 15.6 Å². The molecular weight excluding hydrogens is 377 g/mol. The molecule has 3 aromatic carbocycles. The molecule has 5 heteroatoms. The predicted octanol–water partition coefficient (Wildman–Crippen LogP) is 6.04. The summed E-state index contributed by atoms with van der Waals surface area (Å²) in [6, 6.07) is 20.1. The van der Waals surface area contributed by atoms with E-state index in [9.17, 15) is 5.26 Å². The molecule has 0 N–H and O–H groups in total. The molecule has 3 nitrogen and oxygen atoms in total. The van der Waals surface area contributed by atoms with E-state index in [-0.39, 0.29) is 0 Å². The van der Waals surface area contributed by atoms with Crippen LogP contribution in [0, 0.1) is 11.3 Å². The molecule has 1 aliphatic rings. The summed E-state index contributed by atoms with van der Waals surface area (Å²) in [5.41, 5.74) is 2.94. The maximum Gasteiger partial charge on any atom is 0.0998 e. The zero-order valence-corrected chi connectivity index (χ0v) is 16.3. The maximum absolute atomic E-state index is 9.44. The van der Waals surface area contributed by atoms with Gasteiger partial charge in [0, 0.05) is 40.5 Å². The summed E-state index contributed by atoms with van der Waals surface area (Å²) in [7, 11) is 0. The summed E-state index contributed by atoms with van der Waals surface area (Å²) in [6.07, 6.45) is 2.29. The Labute approximate surface area is 169 Å². The van der Waals surface area contributed by atoms with E-state index in [4.69, 9.17) is 23.2 Å². The number of rotatable bonds is 3. The van der Waals surface area contributed by atoms with E-state index in [2.05, 4.69) is 28.2 Å². The third-order valence-corrected chi connectivity index (χ3v) is 5.40. The lowest BCUT2D eigenvalue weighted by Gasteiger charge is -2.41. The summed E-state index contributed by atoms with van der Waals surface area (Å²) in [5, 5.41) is 17.5. The first-order valence-corrected chi connectivity index (χ1v) is 9.80. The number of nitriles is 1. The van der Waals surface area contributed by atoms with E-state index in [1.165, 1.54) is 0 Å². The van der Waals surface area contributed by atoms with Crippen LogP contribution in [0.15, 0.2) is 54.6 Å². The average Bonchev–Trinajstić information content (AvgIpc) is 2.67. The van der Waals surface area contributed by atoms with Crippen molar-refractivity contribution < 1.29 is 0 Å². The molecule has 0 bridgehead atoms. The molecule has 1 heterocycles. The first kappa shape index (κ1) is 18.1. The Hall–Kier alpha value is -2.25. The van der Waals surface area contributed by atoms with Crippen molar-refractivity contribution in [2.45, 2.75) is 19.4 Å². The molecule has 0 aliphatic carbocycles. The lowest BCUT2D eigenvalue weighted by atomic mass is 10.0. The van der Waals surface area contributed by atoms with Gasteiger partial charge in [0.1, 0.15) is 0 Å². The molecule has 0 saturated carbocycles. The van der Waals surface area contributed by atoms with Crippen LogP contribution in [-0.4, -0.2) is 18.1 Å². The molecule has 1 fully saturated rings. The second-order valence-electron chi connectivity index (χ2n) is 6.79. The van der Waals surface area contributed by atoms with Gasteiger partial charge < -0.3 is 5.01 Å². The van der Waals surface area contributed by atoms with Gasteiger partial charge in [0.05, 0.1) is 17.3 Å². The number of halogens is 2. The number of nitrogens with zero attached hydrogens (tertiary/aromatic N) is 3. The highest BCUT2D eigenvalue weighted by Crippen LogP contribution is 2.33. The molecule has 0 aromatic heterocycles. The fraction of sp³-hybridized carbons (Fsp3) is 0.227. The predicted molar refractivity (Wildman–Crippen MR) is 112 cm³/mol. The lowest BCUT2D eigenvalue weighted by Crippen LogP contribution is -2.47. The highest BCUT2D eigenvalue weighted by atomic mass is 35.5. The average molecular weight is 396 g/mol. The van der Waals surface area contributed by atoms with Gasteiger partial charge in [-0.3, -0.25) is 0 Å². The first-order chi connectivity index (χ1) is 13.2. The standard InChI is InChI=1S/C22H19Cl2N3/c23-18-11-16(12-19(24)13-18)15-26-9-3-4-10-27(26)22-8-7-17(14-25)20-5-1-2-6-21(20)22/h1-2,5-8,11-13H,3-4,9-10,15H2. The molecule has 4 rings (SSSR count). The van der Waals surface area contributed by atoms with Gasteiger partial charge in [-0.2, -0.15) is 5.26 Å². The monoisotopic (exact) mass is 395 g/mol. The third-order valence-electron chi connectivity index (χ3n) is 4.96. The van der Waals surface area contributed by atoms with Gasteiger partial charge in [-0.05, 0) is 48.7 Å². The number of fused-ring (bicyclic) bond motifs is 1. The fourth-order valence-electron chi connectivity index (χ4n) is 3.77. The van der Waals surface area contributed by atoms with E-state index >= 15 is 0 Å². The Morgan fingerprint density at radius 2 is 1.59 bits per heavy atom. The molecular formula is C22H19Cl2N3. The fourth-order valence-corrected chi connectivity index (χ4v) is 4.35. The van der Waals surface area contributed by atoms with Crippen LogP contribution in [0.4, 0.5) is 5.69 Å². The summed E-state index contributed by atoms with van der Waals surface area (Å²) in [5.74, 6) is 0. The Bertz CT molecular complexity index is 1010. The first-order valence-electron chi connectivity index (χ1n) is 9.05. The minimum atomic E-state index is 0.657. The van der Waals surface area contributed by atoms with Crippen LogP contribution >= 0.6 is 23.2 Å². The molecule has 1 aliphatic heterocycles. The number of benzene rings is 3. The van der Waals surface area contributed by atoms with Crippen molar-refractivity contribution in [3.05, 3.63) is 75.8 Å². The lowest BCUT2D eigenvalue weighted by molar-refractivity contribution is 0.205. The quantitative estimate of drug-likeness (QED) is 0.541. The molecule has 3 aromatic rings. The summed E-state index contributed by atoms with van der Waals surface area (Å²) < 4.78 is 0. The number of hydrogen-bond acceptors (Lipinski definition) is 3. The zero-order valence-electron chi connectivity index (χ0n) is 14.8. The van der Waals surface area contributed by atoms with Crippen LogP contribution in [-0.2, 0) is 6.54 Å². The largest absolute Gasteiger partial charge is 0.305 e. The number of anilines is 1. The van der Waals surface area contributed by atoms with E-state index in [0.717, 1.165) is 54.5 Å². The van der Waals surface area contributed by atoms with Crippen molar-refractivity contribution in [1.29, 1.82) is 5.26 Å². The van der Waals surface area contributed by atoms with Gasteiger partial charge in [0.15, 0.2) is 0 Å². The SMILES string of the molecule is N#Cc1ccc(N2CCCCN2Cc2cc(Cl)cc(Cl)c2)c2ccccc12. The minimum absolute atomic E-state index is 0.657. The maximum atomic E-state index is 9.44. The minimum Gasteiger partial charge on any atom is -0.305 e. The molecule has 0 radical (unpaired) electrons. The highest BCUT2D eigenvalue weighted by Gasteiger charge is 2.22. The Morgan fingerprint density at radius 3 is 2.33 bits per heavy atom. The van der Waals surface area contributed by atoms with Crippen LogP contribution < -0.4 is 5.01 Å². The van der Waals surface area contributed by atoms with Crippen LogP contribution in [0.25, 0.3) is 10.8 Å². The highest BCUT2D eigenvalue weighted by molar-refractivity contribution is 6.34. The van der Waals surface area contributed by atoms with Crippen molar-refractivity contribution in [3.8, 4) is 6.07 Å². The third kappa shape index (κ3) is 3.75. The van der Waals surface area contributed by atoms with Crippen LogP contribution in [0.5, 0.6) is 0 Å².